The number of ether oxygens (including phenoxy) is 3. The maximum absolute atomic E-state index is 11.7. The van der Waals surface area contributed by atoms with E-state index in [1.165, 1.54) is 0 Å². The maximum Gasteiger partial charge on any atom is 0.309 e. The van der Waals surface area contributed by atoms with Gasteiger partial charge in [0.2, 0.25) is 0 Å². The van der Waals surface area contributed by atoms with Crippen LogP contribution in [0.15, 0.2) is 0 Å². The summed E-state index contributed by atoms with van der Waals surface area (Å²) in [4.78, 5) is 11.7. The molecule has 0 bridgehead atoms. The predicted octanol–water partition coefficient (Wildman–Crippen LogP) is 1.94. The minimum atomic E-state index is -0.0667. The van der Waals surface area contributed by atoms with Gasteiger partial charge in [0.05, 0.1) is 31.3 Å². The van der Waals surface area contributed by atoms with Gasteiger partial charge in [0.15, 0.2) is 0 Å². The Labute approximate surface area is 116 Å². The minimum Gasteiger partial charge on any atom is -0.466 e. The molecule has 1 aliphatic carbocycles. The molecule has 2 aliphatic rings. The number of esters is 1. The van der Waals surface area contributed by atoms with Gasteiger partial charge < -0.3 is 14.2 Å². The van der Waals surface area contributed by atoms with E-state index in [4.69, 9.17) is 14.2 Å². The maximum atomic E-state index is 11.7. The lowest BCUT2D eigenvalue weighted by Crippen LogP contribution is -2.25. The van der Waals surface area contributed by atoms with Gasteiger partial charge in [-0.1, -0.05) is 22.6 Å². The molecule has 98 valence electrons. The summed E-state index contributed by atoms with van der Waals surface area (Å²) in [7, 11) is 0. The first-order chi connectivity index (χ1) is 8.20. The fourth-order valence-corrected chi connectivity index (χ4v) is 3.49. The van der Waals surface area contributed by atoms with Crippen LogP contribution in [0.25, 0.3) is 0 Å². The Balaban J connectivity index is 1.81. The van der Waals surface area contributed by atoms with E-state index in [2.05, 4.69) is 22.6 Å². The van der Waals surface area contributed by atoms with E-state index >= 15 is 0 Å². The first-order valence-electron chi connectivity index (χ1n) is 6.24. The van der Waals surface area contributed by atoms with E-state index < -0.39 is 0 Å². The van der Waals surface area contributed by atoms with Crippen LogP contribution in [0.3, 0.4) is 0 Å². The SMILES string of the molecule is CCOC(=O)C1CC(I)C(OC2CCOC2)C1. The van der Waals surface area contributed by atoms with Crippen LogP contribution >= 0.6 is 22.6 Å². The molecule has 4 nitrogen and oxygen atoms in total. The van der Waals surface area contributed by atoms with Gasteiger partial charge in [0.25, 0.3) is 0 Å². The van der Waals surface area contributed by atoms with Gasteiger partial charge in [0.1, 0.15) is 0 Å². The molecule has 0 aromatic carbocycles. The van der Waals surface area contributed by atoms with Crippen molar-refractivity contribution in [1.29, 1.82) is 0 Å². The number of hydrogen-bond acceptors (Lipinski definition) is 4. The lowest BCUT2D eigenvalue weighted by molar-refractivity contribution is -0.148. The quantitative estimate of drug-likeness (QED) is 0.440. The molecular weight excluding hydrogens is 335 g/mol. The van der Waals surface area contributed by atoms with Crippen molar-refractivity contribution >= 4 is 28.6 Å². The average Bonchev–Trinajstić information content (AvgIpc) is 2.91. The third-order valence-corrected chi connectivity index (χ3v) is 4.62. The second kappa shape index (κ2) is 6.33. The zero-order valence-corrected chi connectivity index (χ0v) is 12.2. The normalized spacial score (nSPS) is 37.3. The molecule has 17 heavy (non-hydrogen) atoms. The topological polar surface area (TPSA) is 44.8 Å². The zero-order valence-electron chi connectivity index (χ0n) is 10.1. The number of alkyl halides is 1. The summed E-state index contributed by atoms with van der Waals surface area (Å²) in [6.07, 6.45) is 3.04. The Morgan fingerprint density at radius 3 is 2.94 bits per heavy atom. The van der Waals surface area contributed by atoms with Crippen molar-refractivity contribution < 1.29 is 19.0 Å². The summed E-state index contributed by atoms with van der Waals surface area (Å²) < 4.78 is 16.8. The summed E-state index contributed by atoms with van der Waals surface area (Å²) in [5, 5.41) is 0. The molecule has 1 saturated heterocycles. The average molecular weight is 354 g/mol. The third-order valence-electron chi connectivity index (χ3n) is 3.31. The van der Waals surface area contributed by atoms with Gasteiger partial charge in [0, 0.05) is 10.5 Å². The summed E-state index contributed by atoms with van der Waals surface area (Å²) in [6, 6.07) is 0. The molecule has 1 saturated carbocycles. The fourth-order valence-electron chi connectivity index (χ4n) is 2.41. The fraction of sp³-hybridized carbons (Fsp3) is 0.917. The highest BCUT2D eigenvalue weighted by Crippen LogP contribution is 2.35. The molecule has 0 spiro atoms. The van der Waals surface area contributed by atoms with E-state index in [9.17, 15) is 4.79 Å². The van der Waals surface area contributed by atoms with Gasteiger partial charge in [-0.25, -0.2) is 0 Å². The van der Waals surface area contributed by atoms with Crippen LogP contribution in [-0.4, -0.2) is 41.9 Å². The van der Waals surface area contributed by atoms with Crippen LogP contribution in [0.1, 0.15) is 26.2 Å². The highest BCUT2D eigenvalue weighted by molar-refractivity contribution is 14.1. The van der Waals surface area contributed by atoms with Gasteiger partial charge >= 0.3 is 5.97 Å². The van der Waals surface area contributed by atoms with Crippen molar-refractivity contribution in [2.45, 2.75) is 42.3 Å². The monoisotopic (exact) mass is 354 g/mol. The lowest BCUT2D eigenvalue weighted by Gasteiger charge is -2.19. The van der Waals surface area contributed by atoms with Crippen molar-refractivity contribution in [3.63, 3.8) is 0 Å². The van der Waals surface area contributed by atoms with Crippen molar-refractivity contribution in [1.82, 2.24) is 0 Å². The van der Waals surface area contributed by atoms with Crippen LogP contribution in [0.4, 0.5) is 0 Å². The lowest BCUT2D eigenvalue weighted by atomic mass is 10.1. The third kappa shape index (κ3) is 3.54. The molecule has 1 aliphatic heterocycles. The Hall–Kier alpha value is 0.120. The van der Waals surface area contributed by atoms with Crippen LogP contribution < -0.4 is 0 Å². The van der Waals surface area contributed by atoms with Crippen molar-refractivity contribution in [2.75, 3.05) is 19.8 Å². The van der Waals surface area contributed by atoms with Gasteiger partial charge in [-0.3, -0.25) is 4.79 Å². The van der Waals surface area contributed by atoms with Crippen LogP contribution in [0.5, 0.6) is 0 Å². The van der Waals surface area contributed by atoms with E-state index in [1.54, 1.807) is 0 Å². The van der Waals surface area contributed by atoms with E-state index in [0.717, 1.165) is 25.9 Å². The Kier molecular flexibility index (Phi) is 5.05. The second-order valence-electron chi connectivity index (χ2n) is 4.60. The largest absolute Gasteiger partial charge is 0.466 e. The first kappa shape index (κ1) is 13.5. The summed E-state index contributed by atoms with van der Waals surface area (Å²) in [5.41, 5.74) is 0. The molecule has 1 heterocycles. The molecule has 0 aromatic rings. The van der Waals surface area contributed by atoms with Crippen LogP contribution in [0.2, 0.25) is 0 Å². The van der Waals surface area contributed by atoms with E-state index in [-0.39, 0.29) is 24.1 Å². The number of halogens is 1. The summed E-state index contributed by atoms with van der Waals surface area (Å²) in [6.45, 7) is 3.80. The smallest absolute Gasteiger partial charge is 0.309 e. The van der Waals surface area contributed by atoms with Crippen molar-refractivity contribution in [2.24, 2.45) is 5.92 Å². The molecule has 4 unspecified atom stereocenters. The molecule has 0 radical (unpaired) electrons. The molecule has 2 rings (SSSR count). The summed E-state index contributed by atoms with van der Waals surface area (Å²) >= 11 is 2.38. The van der Waals surface area contributed by atoms with Gasteiger partial charge in [-0.2, -0.15) is 0 Å². The molecular formula is C12H19IO4. The van der Waals surface area contributed by atoms with Crippen LogP contribution in [-0.2, 0) is 19.0 Å². The highest BCUT2D eigenvalue weighted by atomic mass is 127. The van der Waals surface area contributed by atoms with Gasteiger partial charge in [-0.05, 0) is 26.2 Å². The predicted molar refractivity (Wildman–Crippen MR) is 71.3 cm³/mol. The number of rotatable bonds is 4. The highest BCUT2D eigenvalue weighted by Gasteiger charge is 2.39. The minimum absolute atomic E-state index is 0.0178. The van der Waals surface area contributed by atoms with Crippen molar-refractivity contribution in [3.05, 3.63) is 0 Å². The first-order valence-corrected chi connectivity index (χ1v) is 7.49. The van der Waals surface area contributed by atoms with E-state index in [0.29, 0.717) is 17.1 Å². The zero-order chi connectivity index (χ0) is 12.3. The second-order valence-corrected chi connectivity index (χ2v) is 6.20. The Bertz CT molecular complexity index is 265. The van der Waals surface area contributed by atoms with E-state index in [1.807, 2.05) is 6.92 Å². The Morgan fingerprint density at radius 2 is 2.29 bits per heavy atom. The standard InChI is InChI=1S/C12H19IO4/c1-2-16-12(14)8-5-10(13)11(6-8)17-9-3-4-15-7-9/h8-11H,2-7H2,1H3. The Morgan fingerprint density at radius 1 is 1.47 bits per heavy atom. The molecule has 0 amide bonds. The number of carbonyl (C=O) groups is 1. The summed E-state index contributed by atoms with van der Waals surface area (Å²) in [5.74, 6) is -0.0490. The molecule has 5 heteroatoms. The van der Waals surface area contributed by atoms with Crippen molar-refractivity contribution in [3.8, 4) is 0 Å². The molecule has 0 N–H and O–H groups in total. The van der Waals surface area contributed by atoms with Crippen LogP contribution in [0, 0.1) is 5.92 Å². The number of carbonyl (C=O) groups excluding carboxylic acids is 1. The molecule has 0 aromatic heterocycles. The number of hydrogen-bond donors (Lipinski definition) is 0. The van der Waals surface area contributed by atoms with Gasteiger partial charge in [-0.15, -0.1) is 0 Å². The molecule has 4 atom stereocenters. The molecule has 2 fully saturated rings.